The molecule has 0 atom stereocenters. The molecule has 0 aromatic heterocycles. The second kappa shape index (κ2) is 14.1. The average Bonchev–Trinajstić information content (AvgIpc) is 2.83. The zero-order chi connectivity index (χ0) is 24.8. The van der Waals surface area contributed by atoms with E-state index < -0.39 is 18.5 Å². The minimum Gasteiger partial charge on any atom is -0.495 e. The third kappa shape index (κ3) is 9.12. The Bertz CT molecular complexity index is 1000. The van der Waals surface area contributed by atoms with Gasteiger partial charge in [0, 0.05) is 19.2 Å². The molecule has 0 saturated carbocycles. The Kier molecular flexibility index (Phi) is 10.8. The Labute approximate surface area is 198 Å². The van der Waals surface area contributed by atoms with E-state index in [2.05, 4.69) is 11.2 Å². The van der Waals surface area contributed by atoms with Gasteiger partial charge in [0.25, 0.3) is 0 Å². The Morgan fingerprint density at radius 3 is 2.47 bits per heavy atom. The molecule has 2 rings (SSSR count). The highest BCUT2D eigenvalue weighted by atomic mass is 16.6. The lowest BCUT2D eigenvalue weighted by atomic mass is 10.2. The van der Waals surface area contributed by atoms with Gasteiger partial charge in [0.05, 0.1) is 25.8 Å². The van der Waals surface area contributed by atoms with Crippen LogP contribution in [0.5, 0.6) is 11.5 Å². The maximum Gasteiger partial charge on any atom is 0.344 e. The zero-order valence-corrected chi connectivity index (χ0v) is 19.2. The lowest BCUT2D eigenvalue weighted by Gasteiger charge is -2.24. The second-order valence-electron chi connectivity index (χ2n) is 6.99. The van der Waals surface area contributed by atoms with Crippen LogP contribution in [0.3, 0.4) is 0 Å². The Morgan fingerprint density at radius 1 is 1.03 bits per heavy atom. The summed E-state index contributed by atoms with van der Waals surface area (Å²) in [6.07, 6.45) is 5.46. The van der Waals surface area contributed by atoms with Crippen molar-refractivity contribution in [2.45, 2.75) is 13.3 Å². The first-order valence-corrected chi connectivity index (χ1v) is 10.6. The van der Waals surface area contributed by atoms with Crippen LogP contribution in [0.4, 0.5) is 11.4 Å². The van der Waals surface area contributed by atoms with E-state index in [0.717, 1.165) is 0 Å². The van der Waals surface area contributed by atoms with Gasteiger partial charge in [-0.05, 0) is 30.3 Å². The van der Waals surface area contributed by atoms with E-state index in [0.29, 0.717) is 22.9 Å². The van der Waals surface area contributed by atoms with Gasteiger partial charge >= 0.3 is 11.9 Å². The van der Waals surface area contributed by atoms with Crippen molar-refractivity contribution in [3.63, 3.8) is 0 Å². The van der Waals surface area contributed by atoms with Gasteiger partial charge in [-0.15, -0.1) is 6.42 Å². The summed E-state index contributed by atoms with van der Waals surface area (Å²) in [5.41, 5.74) is 1.17. The number of carbonyl (C=O) groups excluding carboxylic acids is 3. The molecule has 2 aromatic rings. The standard InChI is InChI=1S/C25H28N2O7/c1-4-13-27(22-17-20(26-19(2)28)10-11-23(22)31-3)14-12-24(29)34-18-25(30)33-16-15-32-21-8-6-5-7-9-21/h1,5-11,17H,12-16,18H2,2-3H3,(H,26,28). The predicted molar refractivity (Wildman–Crippen MR) is 127 cm³/mol. The summed E-state index contributed by atoms with van der Waals surface area (Å²) >= 11 is 0. The van der Waals surface area contributed by atoms with Crippen LogP contribution in [0.25, 0.3) is 0 Å². The number of nitrogens with one attached hydrogen (secondary N) is 1. The number of para-hydroxylation sites is 1. The summed E-state index contributed by atoms with van der Waals surface area (Å²) in [5, 5.41) is 2.70. The van der Waals surface area contributed by atoms with Gasteiger partial charge < -0.3 is 29.2 Å². The molecule has 9 nitrogen and oxygen atoms in total. The average molecular weight is 469 g/mol. The van der Waals surface area contributed by atoms with Crippen molar-refractivity contribution < 1.29 is 33.3 Å². The van der Waals surface area contributed by atoms with Crippen molar-refractivity contribution in [2.75, 3.05) is 50.2 Å². The van der Waals surface area contributed by atoms with E-state index in [1.54, 1.807) is 35.2 Å². The van der Waals surface area contributed by atoms with E-state index in [1.807, 2.05) is 18.2 Å². The molecule has 0 bridgehead atoms. The molecule has 0 radical (unpaired) electrons. The fourth-order valence-electron chi connectivity index (χ4n) is 2.92. The molecule has 0 fully saturated rings. The molecule has 0 unspecified atom stereocenters. The second-order valence-corrected chi connectivity index (χ2v) is 6.99. The molecule has 0 heterocycles. The van der Waals surface area contributed by atoms with Gasteiger partial charge in [-0.1, -0.05) is 24.1 Å². The van der Waals surface area contributed by atoms with Crippen LogP contribution >= 0.6 is 0 Å². The molecule has 0 spiro atoms. The molecule has 9 heteroatoms. The number of terminal acetylenes is 1. The Hall–Kier alpha value is -4.19. The fraction of sp³-hybridized carbons (Fsp3) is 0.320. The van der Waals surface area contributed by atoms with Gasteiger partial charge in [0.2, 0.25) is 5.91 Å². The molecule has 0 aliphatic heterocycles. The van der Waals surface area contributed by atoms with E-state index >= 15 is 0 Å². The molecule has 2 aromatic carbocycles. The minimum atomic E-state index is -0.671. The smallest absolute Gasteiger partial charge is 0.344 e. The van der Waals surface area contributed by atoms with Crippen molar-refractivity contribution in [1.29, 1.82) is 0 Å². The topological polar surface area (TPSA) is 103 Å². The maximum atomic E-state index is 12.1. The molecule has 1 amide bonds. The molecule has 34 heavy (non-hydrogen) atoms. The van der Waals surface area contributed by atoms with Crippen LogP contribution in [0.2, 0.25) is 0 Å². The first-order chi connectivity index (χ1) is 16.4. The number of methoxy groups -OCH3 is 1. The lowest BCUT2D eigenvalue weighted by Crippen LogP contribution is -2.28. The fourth-order valence-corrected chi connectivity index (χ4v) is 2.92. The molecular formula is C25H28N2O7. The number of nitrogens with zero attached hydrogens (tertiary/aromatic N) is 1. The van der Waals surface area contributed by atoms with Crippen molar-refractivity contribution >= 4 is 29.2 Å². The SMILES string of the molecule is C#CCN(CCC(=O)OCC(=O)OCCOc1ccccc1)c1cc(NC(C)=O)ccc1OC. The monoisotopic (exact) mass is 468 g/mol. The number of hydrogen-bond donors (Lipinski definition) is 1. The third-order valence-electron chi connectivity index (χ3n) is 4.42. The number of rotatable bonds is 13. The number of amides is 1. The molecule has 180 valence electrons. The van der Waals surface area contributed by atoms with Crippen LogP contribution in [-0.4, -0.2) is 57.9 Å². The molecule has 0 aliphatic rings. The van der Waals surface area contributed by atoms with Crippen LogP contribution in [-0.2, 0) is 23.9 Å². The van der Waals surface area contributed by atoms with Gasteiger partial charge in [-0.2, -0.15) is 0 Å². The minimum absolute atomic E-state index is 0.0282. The highest BCUT2D eigenvalue weighted by molar-refractivity contribution is 5.89. The van der Waals surface area contributed by atoms with Crippen molar-refractivity contribution in [3.8, 4) is 23.8 Å². The van der Waals surface area contributed by atoms with E-state index in [-0.39, 0.29) is 38.6 Å². The summed E-state index contributed by atoms with van der Waals surface area (Å²) in [6.45, 7) is 1.52. The molecule has 0 aliphatic carbocycles. The summed E-state index contributed by atoms with van der Waals surface area (Å²) in [6, 6.07) is 14.2. The summed E-state index contributed by atoms with van der Waals surface area (Å²) < 4.78 is 20.8. The first-order valence-electron chi connectivity index (χ1n) is 10.6. The van der Waals surface area contributed by atoms with Gasteiger partial charge in [0.15, 0.2) is 6.61 Å². The normalized spacial score (nSPS) is 9.91. The van der Waals surface area contributed by atoms with Crippen molar-refractivity contribution in [3.05, 3.63) is 48.5 Å². The maximum absolute atomic E-state index is 12.1. The quantitative estimate of drug-likeness (QED) is 0.272. The summed E-state index contributed by atoms with van der Waals surface area (Å²) in [4.78, 5) is 37.0. The van der Waals surface area contributed by atoms with Gasteiger partial charge in [0.1, 0.15) is 24.7 Å². The van der Waals surface area contributed by atoms with E-state index in [9.17, 15) is 14.4 Å². The zero-order valence-electron chi connectivity index (χ0n) is 19.2. The largest absolute Gasteiger partial charge is 0.495 e. The van der Waals surface area contributed by atoms with E-state index in [4.69, 9.17) is 25.4 Å². The van der Waals surface area contributed by atoms with Crippen LogP contribution in [0.1, 0.15) is 13.3 Å². The summed E-state index contributed by atoms with van der Waals surface area (Å²) in [5.74, 6) is 2.25. The highest BCUT2D eigenvalue weighted by Gasteiger charge is 2.16. The number of ether oxygens (including phenoxy) is 4. The Balaban J connectivity index is 1.80. The van der Waals surface area contributed by atoms with Crippen LogP contribution in [0, 0.1) is 12.3 Å². The molecule has 1 N–H and O–H groups in total. The van der Waals surface area contributed by atoms with E-state index in [1.165, 1.54) is 14.0 Å². The van der Waals surface area contributed by atoms with Gasteiger partial charge in [-0.25, -0.2) is 4.79 Å². The van der Waals surface area contributed by atoms with Gasteiger partial charge in [-0.3, -0.25) is 9.59 Å². The molecular weight excluding hydrogens is 440 g/mol. The lowest BCUT2D eigenvalue weighted by molar-refractivity contribution is -0.159. The predicted octanol–water partition coefficient (Wildman–Crippen LogP) is 2.65. The number of carbonyl (C=O) groups is 3. The number of benzene rings is 2. The number of esters is 2. The number of anilines is 2. The first kappa shape index (κ1) is 26.1. The highest BCUT2D eigenvalue weighted by Crippen LogP contribution is 2.31. The number of hydrogen-bond acceptors (Lipinski definition) is 8. The van der Waals surface area contributed by atoms with Crippen LogP contribution < -0.4 is 19.7 Å². The summed E-state index contributed by atoms with van der Waals surface area (Å²) in [7, 11) is 1.51. The van der Waals surface area contributed by atoms with Crippen LogP contribution in [0.15, 0.2) is 48.5 Å². The third-order valence-corrected chi connectivity index (χ3v) is 4.42. The molecule has 0 saturated heterocycles. The Morgan fingerprint density at radius 2 is 1.79 bits per heavy atom. The van der Waals surface area contributed by atoms with Crippen molar-refractivity contribution in [1.82, 2.24) is 0 Å². The van der Waals surface area contributed by atoms with Crippen molar-refractivity contribution in [2.24, 2.45) is 0 Å².